The van der Waals surface area contributed by atoms with Crippen molar-refractivity contribution in [1.82, 2.24) is 0 Å². The molecular formula is C19H25NSi. The van der Waals surface area contributed by atoms with Crippen LogP contribution in [0.1, 0.15) is 18.0 Å². The molecule has 2 rings (SSSR count). The predicted molar refractivity (Wildman–Crippen MR) is 96.3 cm³/mol. The van der Waals surface area contributed by atoms with E-state index in [1.807, 2.05) is 6.08 Å². The molecule has 0 aliphatic rings. The van der Waals surface area contributed by atoms with Gasteiger partial charge < -0.3 is 4.57 Å². The van der Waals surface area contributed by atoms with Crippen molar-refractivity contribution < 1.29 is 0 Å². The first kappa shape index (κ1) is 15.6. The van der Waals surface area contributed by atoms with Crippen molar-refractivity contribution in [1.29, 1.82) is 0 Å². The highest BCUT2D eigenvalue weighted by atomic mass is 28.3. The molecular weight excluding hydrogens is 270 g/mol. The molecule has 0 heterocycles. The van der Waals surface area contributed by atoms with Crippen LogP contribution in [0.25, 0.3) is 0 Å². The van der Waals surface area contributed by atoms with Crippen LogP contribution in [0.2, 0.25) is 19.6 Å². The second-order valence-corrected chi connectivity index (χ2v) is 11.2. The summed E-state index contributed by atoms with van der Waals surface area (Å²) in [6.07, 6.45) is 3.00. The minimum absolute atomic E-state index is 0.359. The van der Waals surface area contributed by atoms with E-state index in [1.165, 1.54) is 11.3 Å². The van der Waals surface area contributed by atoms with Crippen LogP contribution >= 0.6 is 0 Å². The quantitative estimate of drug-likeness (QED) is 0.492. The molecule has 0 radical (unpaired) electrons. The Labute approximate surface area is 130 Å². The normalized spacial score (nSPS) is 12.7. The highest BCUT2D eigenvalue weighted by Crippen LogP contribution is 2.34. The van der Waals surface area contributed by atoms with E-state index >= 15 is 0 Å². The fourth-order valence-corrected chi connectivity index (χ4v) is 4.96. The summed E-state index contributed by atoms with van der Waals surface area (Å²) in [4.78, 5) is 0. The van der Waals surface area contributed by atoms with E-state index in [4.69, 9.17) is 0 Å². The second kappa shape index (κ2) is 6.77. The Balaban J connectivity index is 2.49. The monoisotopic (exact) mass is 295 g/mol. The Bertz CT molecular complexity index is 557. The van der Waals surface area contributed by atoms with Crippen LogP contribution in [0.3, 0.4) is 0 Å². The van der Waals surface area contributed by atoms with Crippen molar-refractivity contribution in [3.05, 3.63) is 78.9 Å². The summed E-state index contributed by atoms with van der Waals surface area (Å²) >= 11 is 0. The van der Waals surface area contributed by atoms with Gasteiger partial charge in [0.05, 0.1) is 0 Å². The highest BCUT2D eigenvalue weighted by Gasteiger charge is 2.31. The first-order valence-electron chi connectivity index (χ1n) is 7.54. The van der Waals surface area contributed by atoms with Crippen molar-refractivity contribution in [3.63, 3.8) is 0 Å². The van der Waals surface area contributed by atoms with E-state index in [1.54, 1.807) is 0 Å². The lowest BCUT2D eigenvalue weighted by atomic mass is 10.0. The Morgan fingerprint density at radius 3 is 1.95 bits per heavy atom. The predicted octanol–water partition coefficient (Wildman–Crippen LogP) is 5.65. The highest BCUT2D eigenvalue weighted by molar-refractivity contribution is 6.79. The third kappa shape index (κ3) is 3.85. The number of anilines is 1. The molecule has 0 amide bonds. The lowest BCUT2D eigenvalue weighted by molar-refractivity contribution is 0.724. The SMILES string of the molecule is C=CCC(c1ccccc1)N(c1ccccc1)[Si](C)(C)C. The lowest BCUT2D eigenvalue weighted by Gasteiger charge is -2.43. The molecule has 2 heteroatoms. The molecule has 0 fully saturated rings. The number of hydrogen-bond donors (Lipinski definition) is 0. The van der Waals surface area contributed by atoms with E-state index < -0.39 is 8.24 Å². The van der Waals surface area contributed by atoms with Gasteiger partial charge in [-0.2, -0.15) is 0 Å². The van der Waals surface area contributed by atoms with Gasteiger partial charge in [-0.25, -0.2) is 0 Å². The van der Waals surface area contributed by atoms with Gasteiger partial charge in [-0.05, 0) is 24.1 Å². The smallest absolute Gasteiger partial charge is 0.148 e. The summed E-state index contributed by atoms with van der Waals surface area (Å²) in [5.41, 5.74) is 2.68. The Hall–Kier alpha value is -1.80. The summed E-state index contributed by atoms with van der Waals surface area (Å²) in [5.74, 6) is 0. The third-order valence-corrected chi connectivity index (χ3v) is 5.66. The molecule has 1 atom stereocenters. The van der Waals surface area contributed by atoms with Gasteiger partial charge in [0.25, 0.3) is 0 Å². The minimum Gasteiger partial charge on any atom is -0.391 e. The molecule has 110 valence electrons. The van der Waals surface area contributed by atoms with Crippen molar-refractivity contribution in [2.75, 3.05) is 4.57 Å². The van der Waals surface area contributed by atoms with Gasteiger partial charge in [0.2, 0.25) is 0 Å². The van der Waals surface area contributed by atoms with E-state index in [9.17, 15) is 0 Å². The summed E-state index contributed by atoms with van der Waals surface area (Å²) < 4.78 is 2.63. The molecule has 2 aromatic rings. The van der Waals surface area contributed by atoms with Crippen molar-refractivity contribution in [2.45, 2.75) is 32.1 Å². The van der Waals surface area contributed by atoms with Crippen molar-refractivity contribution in [3.8, 4) is 0 Å². The molecule has 0 aliphatic carbocycles. The number of nitrogens with zero attached hydrogens (tertiary/aromatic N) is 1. The topological polar surface area (TPSA) is 3.24 Å². The van der Waals surface area contributed by atoms with Gasteiger partial charge in [-0.1, -0.05) is 74.2 Å². The maximum atomic E-state index is 3.97. The molecule has 0 saturated heterocycles. The largest absolute Gasteiger partial charge is 0.391 e. The van der Waals surface area contributed by atoms with Crippen LogP contribution in [-0.2, 0) is 0 Å². The fourth-order valence-electron chi connectivity index (χ4n) is 2.85. The van der Waals surface area contributed by atoms with E-state index in [0.29, 0.717) is 6.04 Å². The molecule has 1 nitrogen and oxygen atoms in total. The van der Waals surface area contributed by atoms with Crippen LogP contribution < -0.4 is 4.57 Å². The van der Waals surface area contributed by atoms with E-state index in [2.05, 4.69) is 91.4 Å². The van der Waals surface area contributed by atoms with Gasteiger partial charge in [0, 0.05) is 11.7 Å². The van der Waals surface area contributed by atoms with Crippen molar-refractivity contribution in [2.24, 2.45) is 0 Å². The van der Waals surface area contributed by atoms with Crippen LogP contribution in [-0.4, -0.2) is 8.24 Å². The molecule has 0 aliphatic heterocycles. The van der Waals surface area contributed by atoms with Crippen LogP contribution in [0.4, 0.5) is 5.69 Å². The molecule has 0 spiro atoms. The van der Waals surface area contributed by atoms with Gasteiger partial charge in [-0.15, -0.1) is 6.58 Å². The summed E-state index contributed by atoms with van der Waals surface area (Å²) in [6.45, 7) is 11.2. The maximum Gasteiger partial charge on any atom is 0.148 e. The number of para-hydroxylation sites is 1. The van der Waals surface area contributed by atoms with Gasteiger partial charge in [0.15, 0.2) is 0 Å². The molecule has 0 aromatic heterocycles. The zero-order valence-electron chi connectivity index (χ0n) is 13.3. The zero-order valence-corrected chi connectivity index (χ0v) is 14.3. The van der Waals surface area contributed by atoms with Crippen molar-refractivity contribution >= 4 is 13.9 Å². The third-order valence-electron chi connectivity index (χ3n) is 3.64. The van der Waals surface area contributed by atoms with Gasteiger partial charge in [-0.3, -0.25) is 0 Å². The summed E-state index contributed by atoms with van der Waals surface area (Å²) in [6, 6.07) is 21.9. The van der Waals surface area contributed by atoms with E-state index in [-0.39, 0.29) is 0 Å². The molecule has 21 heavy (non-hydrogen) atoms. The average Bonchev–Trinajstić information content (AvgIpc) is 2.47. The Kier molecular flexibility index (Phi) is 5.02. The number of benzene rings is 2. The fraction of sp³-hybridized carbons (Fsp3) is 0.263. The minimum atomic E-state index is -1.53. The number of hydrogen-bond acceptors (Lipinski definition) is 1. The molecule has 0 bridgehead atoms. The zero-order chi connectivity index (χ0) is 15.3. The Morgan fingerprint density at radius 1 is 0.952 bits per heavy atom. The standard InChI is InChI=1S/C19H25NSi/c1-5-12-19(17-13-8-6-9-14-17)20(21(2,3)4)18-15-10-7-11-16-18/h5-11,13-16,19H,1,12H2,2-4H3. The maximum absolute atomic E-state index is 3.97. The molecule has 0 N–H and O–H groups in total. The first-order valence-corrected chi connectivity index (χ1v) is 11.0. The molecule has 2 aromatic carbocycles. The van der Waals surface area contributed by atoms with Crippen LogP contribution in [0.15, 0.2) is 73.3 Å². The average molecular weight is 296 g/mol. The van der Waals surface area contributed by atoms with E-state index in [0.717, 1.165) is 6.42 Å². The lowest BCUT2D eigenvalue weighted by Crippen LogP contribution is -2.48. The van der Waals surface area contributed by atoms with Crippen LogP contribution in [0, 0.1) is 0 Å². The summed E-state index contributed by atoms with van der Waals surface area (Å²) in [5, 5.41) is 0. The first-order chi connectivity index (χ1) is 10.0. The van der Waals surface area contributed by atoms with Gasteiger partial charge >= 0.3 is 0 Å². The molecule has 1 unspecified atom stereocenters. The summed E-state index contributed by atoms with van der Waals surface area (Å²) in [7, 11) is -1.53. The Morgan fingerprint density at radius 2 is 1.48 bits per heavy atom. The van der Waals surface area contributed by atoms with Gasteiger partial charge in [0.1, 0.15) is 8.24 Å². The molecule has 0 saturated carbocycles. The number of rotatable bonds is 6. The van der Waals surface area contributed by atoms with Crippen LogP contribution in [0.5, 0.6) is 0 Å². The second-order valence-electron chi connectivity index (χ2n) is 6.33.